The second-order valence-electron chi connectivity index (χ2n) is 32.5. The number of nitrogens with two attached hydrogens (primary N) is 2. The summed E-state index contributed by atoms with van der Waals surface area (Å²) < 4.78 is 18.0. The van der Waals surface area contributed by atoms with Crippen molar-refractivity contribution in [2.75, 3.05) is 73.3 Å². The van der Waals surface area contributed by atoms with Crippen LogP contribution in [0.15, 0.2) is 39.2 Å². The number of anilines is 1. The molecule has 6 atom stereocenters. The third-order valence-electron chi connectivity index (χ3n) is 24.9. The summed E-state index contributed by atoms with van der Waals surface area (Å²) in [5.41, 5.74) is 28.7. The number of likely N-dealkylation sites (N-methyl/N-ethyl adjacent to an activating group) is 1. The fourth-order valence-corrected chi connectivity index (χ4v) is 23.5. The van der Waals surface area contributed by atoms with Crippen molar-refractivity contribution in [3.63, 3.8) is 0 Å². The monoisotopic (exact) mass is 1620 g/mol. The number of rotatable bonds is 7. The van der Waals surface area contributed by atoms with E-state index < -0.39 is 11.9 Å². The maximum Gasteiger partial charge on any atom is 0.320 e. The molecule has 11 aromatic rings. The molecule has 28 nitrogen and oxygen atoms in total. The summed E-state index contributed by atoms with van der Waals surface area (Å²) in [5.74, 6) is 1.36. The Hall–Kier alpha value is -8.44. The summed E-state index contributed by atoms with van der Waals surface area (Å²) in [7, 11) is 8.26. The molecule has 1 amide bonds. The highest BCUT2D eigenvalue weighted by Gasteiger charge is 2.35. The molecule has 0 aromatic carbocycles. The van der Waals surface area contributed by atoms with Crippen LogP contribution in [-0.2, 0) is 65.6 Å². The van der Waals surface area contributed by atoms with E-state index in [-0.39, 0.29) is 53.3 Å². The van der Waals surface area contributed by atoms with Crippen LogP contribution in [0.25, 0.3) is 72.4 Å². The Morgan fingerprint density at radius 1 is 0.456 bits per heavy atom. The van der Waals surface area contributed by atoms with Crippen LogP contribution >= 0.6 is 45.3 Å². The predicted octanol–water partition coefficient (Wildman–Crippen LogP) is 13.3. The normalized spacial score (nSPS) is 22.6. The van der Waals surface area contributed by atoms with Crippen molar-refractivity contribution in [1.29, 1.82) is 0 Å². The van der Waals surface area contributed by atoms with Crippen molar-refractivity contribution in [1.82, 2.24) is 89.5 Å². The number of piperidine rings is 4. The number of aryl methyl sites for hydroxylation is 7. The highest BCUT2D eigenvalue weighted by Crippen LogP contribution is 2.47. The number of hydrogen-bond acceptors (Lipinski definition) is 23. The Labute approximate surface area is 676 Å². The number of nitrogen functional groups attached to an aromatic ring is 1. The van der Waals surface area contributed by atoms with Gasteiger partial charge in [-0.1, -0.05) is 25.7 Å². The quantitative estimate of drug-likeness (QED) is 0.0734. The summed E-state index contributed by atoms with van der Waals surface area (Å²) in [6.45, 7) is 5.70. The van der Waals surface area contributed by atoms with E-state index in [9.17, 15) is 24.0 Å². The average molecular weight is 1630 g/mol. The van der Waals surface area contributed by atoms with Gasteiger partial charge >= 0.3 is 5.97 Å². The average Bonchev–Trinajstić information content (AvgIpc) is 1.61. The zero-order valence-electron chi connectivity index (χ0n) is 65.6. The number of nitrogens with one attached hydrogen (secondary N) is 5. The van der Waals surface area contributed by atoms with Gasteiger partial charge in [-0.05, 0) is 244 Å². The van der Waals surface area contributed by atoms with Gasteiger partial charge in [-0.25, -0.2) is 24.3 Å². The third kappa shape index (κ3) is 15.7. The maximum absolute atomic E-state index is 13.1. The number of hydrogen-bond donors (Lipinski definition) is 8. The molecule has 10 aliphatic rings. The highest BCUT2D eigenvalue weighted by molar-refractivity contribution is 7.23. The number of amides is 1. The van der Waals surface area contributed by atoms with Crippen LogP contribution in [-0.4, -0.2) is 180 Å². The summed E-state index contributed by atoms with van der Waals surface area (Å²) >= 11 is 6.10. The van der Waals surface area contributed by atoms with E-state index in [4.69, 9.17) is 51.2 Å². The van der Waals surface area contributed by atoms with E-state index in [1.165, 1.54) is 105 Å². The van der Waals surface area contributed by atoms with Gasteiger partial charge in [-0.15, -0.1) is 45.3 Å². The SMILES string of the molecule is CN1CCCCC1C(=O)O.CN1CCCCC1c1nc2c3c(sc2c(=O)[nH]1)-c1cn(C2CCCCO2)nc1CCC3.CN1CCCC[C@@H]1c1nc2c3c(sc2c(=O)[nH]1)-c1cn[nH]c1CCC3.CN1CCCC[C@H]1c1nc2c3c(sc2c(=O)[nH]1)-c1cn[nH]c1CCC3.NC(=O)c1sc2c(c1N)CCCc1nn(C3CCCCO3)cc1-2. The van der Waals surface area contributed by atoms with Gasteiger partial charge in [0.15, 0.2) is 0 Å². The number of carboxylic acids is 1. The number of ether oxygens (including phenoxy) is 2. The van der Waals surface area contributed by atoms with Crippen molar-refractivity contribution < 1.29 is 24.2 Å². The van der Waals surface area contributed by atoms with Gasteiger partial charge in [0.2, 0.25) is 0 Å². The lowest BCUT2D eigenvalue weighted by Crippen LogP contribution is -2.41. The summed E-state index contributed by atoms with van der Waals surface area (Å²) in [6.07, 6.45) is 39.8. The first-order chi connectivity index (χ1) is 55.5. The van der Waals surface area contributed by atoms with Crippen LogP contribution in [0.1, 0.15) is 244 Å². The lowest BCUT2D eigenvalue weighted by molar-refractivity contribution is -0.143. The molecule has 604 valence electrons. The summed E-state index contributed by atoms with van der Waals surface area (Å²) in [5, 5.41) is 33.0. The van der Waals surface area contributed by atoms with E-state index in [0.29, 0.717) is 10.6 Å². The second-order valence-corrected chi connectivity index (χ2v) is 36.5. The number of nitrogens with zero attached hydrogens (tertiary/aromatic N) is 13. The topological polar surface area (TPSA) is 368 Å². The van der Waals surface area contributed by atoms with Crippen molar-refractivity contribution in [2.45, 2.75) is 229 Å². The van der Waals surface area contributed by atoms with E-state index in [2.05, 4.69) is 83.6 Å². The predicted molar refractivity (Wildman–Crippen MR) is 447 cm³/mol. The fourth-order valence-electron chi connectivity index (χ4n) is 18.7. The van der Waals surface area contributed by atoms with Gasteiger partial charge in [-0.2, -0.15) is 20.4 Å². The first-order valence-electron chi connectivity index (χ1n) is 41.4. The minimum atomic E-state index is -0.679. The van der Waals surface area contributed by atoms with Gasteiger partial charge in [0, 0.05) is 78.8 Å². The molecular formula is C82H104N20O8S4. The lowest BCUT2D eigenvalue weighted by atomic mass is 10.0. The zero-order chi connectivity index (χ0) is 78.4. The molecule has 6 saturated heterocycles. The molecule has 0 saturated carbocycles. The van der Waals surface area contributed by atoms with Gasteiger partial charge < -0.3 is 41.0 Å². The molecule has 6 fully saturated rings. The smallest absolute Gasteiger partial charge is 0.320 e. The van der Waals surface area contributed by atoms with E-state index in [1.54, 1.807) is 34.0 Å². The molecule has 11 aromatic heterocycles. The van der Waals surface area contributed by atoms with Gasteiger partial charge in [0.05, 0.1) is 64.1 Å². The molecule has 114 heavy (non-hydrogen) atoms. The molecule has 0 spiro atoms. The number of primary amides is 1. The Kier molecular flexibility index (Phi) is 23.3. The number of fused-ring (bicyclic) bond motifs is 18. The minimum absolute atomic E-state index is 0.00148. The van der Waals surface area contributed by atoms with Gasteiger partial charge in [0.25, 0.3) is 22.6 Å². The highest BCUT2D eigenvalue weighted by atomic mass is 32.1. The van der Waals surface area contributed by atoms with E-state index in [0.717, 1.165) is 274 Å². The molecule has 0 radical (unpaired) electrons. The van der Waals surface area contributed by atoms with Crippen molar-refractivity contribution >= 4 is 93.6 Å². The number of likely N-dealkylation sites (tertiary alicyclic amines) is 4. The van der Waals surface area contributed by atoms with E-state index >= 15 is 0 Å². The molecule has 0 bridgehead atoms. The number of H-pyrrole nitrogens is 5. The molecule has 32 heteroatoms. The third-order valence-corrected chi connectivity index (χ3v) is 29.9. The van der Waals surface area contributed by atoms with Crippen LogP contribution in [0.5, 0.6) is 0 Å². The zero-order valence-corrected chi connectivity index (χ0v) is 68.9. The van der Waals surface area contributed by atoms with Crippen LogP contribution in [0.4, 0.5) is 5.69 Å². The Morgan fingerprint density at radius 3 is 1.21 bits per heavy atom. The molecule has 17 heterocycles. The van der Waals surface area contributed by atoms with Crippen LogP contribution < -0.4 is 28.1 Å². The van der Waals surface area contributed by atoms with Crippen LogP contribution in [0, 0.1) is 0 Å². The van der Waals surface area contributed by atoms with Crippen LogP contribution in [0.3, 0.4) is 0 Å². The Bertz CT molecular complexity index is 5360. The first kappa shape index (κ1) is 78.1. The lowest BCUT2D eigenvalue weighted by Gasteiger charge is -2.31. The molecule has 4 aliphatic carbocycles. The van der Waals surface area contributed by atoms with Crippen molar-refractivity contribution in [2.24, 2.45) is 5.73 Å². The minimum Gasteiger partial charge on any atom is -0.480 e. The number of thiophene rings is 4. The second kappa shape index (κ2) is 34.0. The molecule has 4 unspecified atom stereocenters. The van der Waals surface area contributed by atoms with Gasteiger partial charge in [0.1, 0.15) is 54.9 Å². The number of aromatic nitrogens is 14. The van der Waals surface area contributed by atoms with Crippen LogP contribution in [0.2, 0.25) is 0 Å². The summed E-state index contributed by atoms with van der Waals surface area (Å²) in [4.78, 5) is 98.9. The number of carbonyl (C=O) groups is 2. The first-order valence-corrected chi connectivity index (χ1v) is 44.6. The fraction of sp³-hybridized carbons (Fsp3) is 0.561. The van der Waals surface area contributed by atoms with Crippen molar-refractivity contribution in [3.05, 3.63) is 123 Å². The number of aliphatic carboxylic acids is 1. The molecule has 21 rings (SSSR count). The van der Waals surface area contributed by atoms with E-state index in [1.807, 2.05) is 33.7 Å². The Morgan fingerprint density at radius 2 is 0.833 bits per heavy atom. The standard InChI is InChI=1S/C23H29N5O2S.2C18H21N5OS.C16H20N4O2S.C7H13NO2/c1-27-11-4-2-9-17(27)22-24-19-14-7-6-8-16-15(20(14)31-21(19)23(29)25-22)13-28(26-16)18-10-3-5-12-30-18;2*1-23-8-3-2-7-13(23)17-20-14-10-5-4-6-12-11(9-19-22-12)15(10)25-16(14)18(24)21-17;17-13-9-4-3-5-11-10(14(9)23-15(13)16(18)21)8-20(19-11)12-6-1-2-7-22-12;1-8-5-3-2-4-6(8)7(9)10/h13,17-18H,2-12H2,1H3,(H,24,25,29);2*9,13H,2-8H2,1H3,(H,19,22)(H,20,21,24);8,12H,1-7,17H2,(H2,18,21);6H,2-5H2,1H3,(H,9,10)/t;2*13-;;/m.10../s1. The molecule has 10 N–H and O–H groups in total. The van der Waals surface area contributed by atoms with Crippen molar-refractivity contribution in [3.8, 4) is 41.8 Å². The number of aromatic amines is 5. The molecular weight excluding hydrogens is 1520 g/mol. The number of carboxylic acid groups (broad SMARTS) is 1. The maximum atomic E-state index is 13.1. The van der Waals surface area contributed by atoms with Gasteiger partial charge in [-0.3, -0.25) is 53.8 Å². The number of carbonyl (C=O) groups excluding carboxylic acids is 1. The summed E-state index contributed by atoms with van der Waals surface area (Å²) in [6, 6.07) is 0.413. The Balaban J connectivity index is 0.000000106. The molecule has 6 aliphatic heterocycles. The largest absolute Gasteiger partial charge is 0.480 e.